The van der Waals surface area contributed by atoms with E-state index in [0.717, 1.165) is 5.92 Å². The first-order valence-electron chi connectivity index (χ1n) is 4.99. The van der Waals surface area contributed by atoms with Crippen molar-refractivity contribution in [3.8, 4) is 0 Å². The molecule has 1 radical (unpaired) electrons. The second-order valence-electron chi connectivity index (χ2n) is 3.93. The van der Waals surface area contributed by atoms with Gasteiger partial charge in [-0.05, 0) is 11.8 Å². The maximum absolute atomic E-state index is 3.99. The molecule has 11 heavy (non-hydrogen) atoms. The second kappa shape index (κ2) is 6.69. The summed E-state index contributed by atoms with van der Waals surface area (Å²) in [5, 5.41) is 0. The topological polar surface area (TPSA) is 0 Å². The second-order valence-corrected chi connectivity index (χ2v) is 3.93. The van der Waals surface area contributed by atoms with Crippen molar-refractivity contribution in [2.45, 2.75) is 52.9 Å². The molecule has 0 aliphatic rings. The van der Waals surface area contributed by atoms with Crippen molar-refractivity contribution in [2.24, 2.45) is 11.8 Å². The number of hydrogen-bond donors (Lipinski definition) is 0. The van der Waals surface area contributed by atoms with Crippen LogP contribution in [0.1, 0.15) is 52.9 Å². The lowest BCUT2D eigenvalue weighted by Gasteiger charge is -2.11. The molecule has 0 amide bonds. The van der Waals surface area contributed by atoms with E-state index >= 15 is 0 Å². The molecule has 0 heterocycles. The largest absolute Gasteiger partial charge is 0.0654 e. The van der Waals surface area contributed by atoms with E-state index in [0.29, 0.717) is 5.92 Å². The van der Waals surface area contributed by atoms with Crippen LogP contribution in [0.5, 0.6) is 0 Å². The quantitative estimate of drug-likeness (QED) is 0.542. The maximum atomic E-state index is 3.99. The molecule has 0 aromatic heterocycles. The molecule has 2 atom stereocenters. The van der Waals surface area contributed by atoms with E-state index in [1.165, 1.54) is 32.1 Å². The summed E-state index contributed by atoms with van der Waals surface area (Å²) in [6.45, 7) is 10.8. The Balaban J connectivity index is 3.15. The highest BCUT2D eigenvalue weighted by Crippen LogP contribution is 2.16. The standard InChI is InChI=1S/C11H23/c1-5-6-7-11(4)9-8-10(2)3/h10-11H,2,5-9H2,1,3-4H3. The molecule has 0 aromatic rings. The van der Waals surface area contributed by atoms with Crippen molar-refractivity contribution < 1.29 is 0 Å². The summed E-state index contributed by atoms with van der Waals surface area (Å²) in [4.78, 5) is 0. The Labute approximate surface area is 72.4 Å². The van der Waals surface area contributed by atoms with Gasteiger partial charge in [-0.3, -0.25) is 0 Å². The highest BCUT2D eigenvalue weighted by atomic mass is 14.1. The summed E-state index contributed by atoms with van der Waals surface area (Å²) in [5.41, 5.74) is 0. The van der Waals surface area contributed by atoms with Crippen molar-refractivity contribution in [3.63, 3.8) is 0 Å². The minimum absolute atomic E-state index is 0.638. The van der Waals surface area contributed by atoms with Gasteiger partial charge in [0.25, 0.3) is 0 Å². The lowest BCUT2D eigenvalue weighted by molar-refractivity contribution is 0.430. The van der Waals surface area contributed by atoms with Gasteiger partial charge in [-0.15, -0.1) is 0 Å². The fourth-order valence-electron chi connectivity index (χ4n) is 1.27. The Bertz CT molecular complexity index is 74.1. The fraction of sp³-hybridized carbons (Fsp3) is 0.909. The van der Waals surface area contributed by atoms with Gasteiger partial charge in [-0.25, -0.2) is 0 Å². The molecular formula is C11H23. The van der Waals surface area contributed by atoms with Crippen LogP contribution in [0.2, 0.25) is 0 Å². The van der Waals surface area contributed by atoms with E-state index < -0.39 is 0 Å². The molecule has 0 spiro atoms. The van der Waals surface area contributed by atoms with Gasteiger partial charge < -0.3 is 0 Å². The van der Waals surface area contributed by atoms with E-state index in [1.807, 2.05) is 0 Å². The maximum Gasteiger partial charge on any atom is -0.0443 e. The first-order chi connectivity index (χ1) is 5.16. The number of rotatable bonds is 6. The molecule has 0 saturated heterocycles. The average Bonchev–Trinajstić information content (AvgIpc) is 1.97. The van der Waals surface area contributed by atoms with Crippen LogP contribution in [0.15, 0.2) is 0 Å². The summed E-state index contributed by atoms with van der Waals surface area (Å²) in [5.74, 6) is 1.55. The van der Waals surface area contributed by atoms with Gasteiger partial charge in [0.2, 0.25) is 0 Å². The van der Waals surface area contributed by atoms with Crippen LogP contribution in [0.3, 0.4) is 0 Å². The monoisotopic (exact) mass is 155 g/mol. The van der Waals surface area contributed by atoms with Gasteiger partial charge in [-0.2, -0.15) is 0 Å². The molecule has 0 rings (SSSR count). The molecule has 0 N–H and O–H groups in total. The fourth-order valence-corrected chi connectivity index (χ4v) is 1.27. The zero-order valence-corrected chi connectivity index (χ0v) is 8.40. The molecular weight excluding hydrogens is 132 g/mol. The van der Waals surface area contributed by atoms with Gasteiger partial charge in [0.05, 0.1) is 0 Å². The Morgan fingerprint density at radius 2 is 1.73 bits per heavy atom. The molecule has 0 fully saturated rings. The average molecular weight is 155 g/mol. The first-order valence-corrected chi connectivity index (χ1v) is 4.99. The van der Waals surface area contributed by atoms with Crippen LogP contribution in [0, 0.1) is 18.8 Å². The van der Waals surface area contributed by atoms with Crippen molar-refractivity contribution in [1.29, 1.82) is 0 Å². The van der Waals surface area contributed by atoms with Gasteiger partial charge in [0.1, 0.15) is 0 Å². The SMILES string of the molecule is [CH2]C(C)CCC(C)CCCC. The Morgan fingerprint density at radius 1 is 1.09 bits per heavy atom. The normalized spacial score (nSPS) is 13.9. The van der Waals surface area contributed by atoms with Crippen LogP contribution in [-0.2, 0) is 0 Å². The lowest BCUT2D eigenvalue weighted by Crippen LogP contribution is -1.97. The van der Waals surface area contributed by atoms with Crippen molar-refractivity contribution in [1.82, 2.24) is 0 Å². The summed E-state index contributed by atoms with van der Waals surface area (Å²) in [7, 11) is 0. The van der Waals surface area contributed by atoms with Gasteiger partial charge in [-0.1, -0.05) is 59.8 Å². The lowest BCUT2D eigenvalue weighted by atomic mass is 9.95. The predicted octanol–water partition coefficient (Wildman–Crippen LogP) is 4.06. The third kappa shape index (κ3) is 7.90. The van der Waals surface area contributed by atoms with E-state index in [9.17, 15) is 0 Å². The van der Waals surface area contributed by atoms with Crippen molar-refractivity contribution >= 4 is 0 Å². The van der Waals surface area contributed by atoms with Gasteiger partial charge in [0.15, 0.2) is 0 Å². The minimum Gasteiger partial charge on any atom is -0.0654 e. The summed E-state index contributed by atoms with van der Waals surface area (Å²) < 4.78 is 0. The Morgan fingerprint density at radius 3 is 2.18 bits per heavy atom. The van der Waals surface area contributed by atoms with E-state index in [2.05, 4.69) is 27.7 Å². The molecule has 67 valence electrons. The van der Waals surface area contributed by atoms with E-state index in [1.54, 1.807) is 0 Å². The zero-order valence-electron chi connectivity index (χ0n) is 8.40. The third-order valence-corrected chi connectivity index (χ3v) is 2.20. The number of hydrogen-bond acceptors (Lipinski definition) is 0. The predicted molar refractivity (Wildman–Crippen MR) is 52.4 cm³/mol. The molecule has 0 aliphatic carbocycles. The van der Waals surface area contributed by atoms with Crippen LogP contribution >= 0.6 is 0 Å². The van der Waals surface area contributed by atoms with Crippen LogP contribution < -0.4 is 0 Å². The molecule has 0 bridgehead atoms. The Hall–Kier alpha value is 0. The number of unbranched alkanes of at least 4 members (excludes halogenated alkanes) is 1. The summed E-state index contributed by atoms with van der Waals surface area (Å²) in [6, 6.07) is 0. The smallest absolute Gasteiger partial charge is 0.0443 e. The molecule has 0 heteroatoms. The van der Waals surface area contributed by atoms with E-state index in [4.69, 9.17) is 0 Å². The van der Waals surface area contributed by atoms with Gasteiger partial charge in [0, 0.05) is 0 Å². The molecule has 0 nitrogen and oxygen atoms in total. The molecule has 0 aliphatic heterocycles. The Kier molecular flexibility index (Phi) is 6.69. The minimum atomic E-state index is 0.638. The highest BCUT2D eigenvalue weighted by Gasteiger charge is 2.02. The van der Waals surface area contributed by atoms with Crippen molar-refractivity contribution in [2.75, 3.05) is 0 Å². The van der Waals surface area contributed by atoms with E-state index in [-0.39, 0.29) is 0 Å². The summed E-state index contributed by atoms with van der Waals surface area (Å²) in [6.07, 6.45) is 6.80. The zero-order chi connectivity index (χ0) is 8.69. The highest BCUT2D eigenvalue weighted by molar-refractivity contribution is 4.59. The summed E-state index contributed by atoms with van der Waals surface area (Å²) >= 11 is 0. The van der Waals surface area contributed by atoms with Crippen LogP contribution in [0.4, 0.5) is 0 Å². The van der Waals surface area contributed by atoms with Gasteiger partial charge >= 0.3 is 0 Å². The van der Waals surface area contributed by atoms with Crippen LogP contribution in [0.25, 0.3) is 0 Å². The third-order valence-electron chi connectivity index (χ3n) is 2.20. The molecule has 0 saturated carbocycles. The first kappa shape index (κ1) is 11.0. The van der Waals surface area contributed by atoms with Crippen molar-refractivity contribution in [3.05, 3.63) is 6.92 Å². The molecule has 2 unspecified atom stereocenters. The molecule has 0 aromatic carbocycles. The van der Waals surface area contributed by atoms with Crippen LogP contribution in [-0.4, -0.2) is 0 Å².